The van der Waals surface area contributed by atoms with Gasteiger partial charge in [0.1, 0.15) is 0 Å². The Bertz CT molecular complexity index is 664. The van der Waals surface area contributed by atoms with E-state index in [1.807, 2.05) is 13.0 Å². The number of carbonyl (C=O) groups excluding carboxylic acids is 1. The van der Waals surface area contributed by atoms with Crippen LogP contribution in [0.2, 0.25) is 0 Å². The fraction of sp³-hybridized carbons (Fsp3) is 0.444. The van der Waals surface area contributed by atoms with Crippen LogP contribution in [0.3, 0.4) is 0 Å². The molecule has 124 valence electrons. The van der Waals surface area contributed by atoms with Crippen LogP contribution < -0.4 is 5.32 Å². The van der Waals surface area contributed by atoms with Crippen molar-refractivity contribution >= 4 is 5.91 Å². The molecule has 0 aliphatic rings. The van der Waals surface area contributed by atoms with Gasteiger partial charge in [-0.15, -0.1) is 0 Å². The molecule has 0 aliphatic carbocycles. The predicted molar refractivity (Wildman–Crippen MR) is 89.2 cm³/mol. The first-order chi connectivity index (χ1) is 11.0. The summed E-state index contributed by atoms with van der Waals surface area (Å²) in [7, 11) is 1.61. The zero-order valence-corrected chi connectivity index (χ0v) is 14.2. The third kappa shape index (κ3) is 4.93. The number of hydrogen-bond acceptors (Lipinski definition) is 4. The molecule has 1 heterocycles. The zero-order valence-electron chi connectivity index (χ0n) is 14.2. The van der Waals surface area contributed by atoms with E-state index in [0.29, 0.717) is 25.3 Å². The van der Waals surface area contributed by atoms with Crippen molar-refractivity contribution < 1.29 is 13.9 Å². The monoisotopic (exact) mass is 316 g/mol. The van der Waals surface area contributed by atoms with Crippen molar-refractivity contribution in [3.8, 4) is 11.3 Å². The van der Waals surface area contributed by atoms with E-state index in [1.54, 1.807) is 13.3 Å². The molecule has 1 aromatic carbocycles. The Labute approximate surface area is 137 Å². The molecule has 0 radical (unpaired) electrons. The number of carbonyl (C=O) groups is 1. The second kappa shape index (κ2) is 7.92. The lowest BCUT2D eigenvalue weighted by atomic mass is 10.1. The van der Waals surface area contributed by atoms with Crippen LogP contribution >= 0.6 is 0 Å². The number of aryl methyl sites for hydroxylation is 3. The normalized spacial score (nSPS) is 12.2. The second-order valence-corrected chi connectivity index (χ2v) is 5.84. The molecule has 1 aromatic heterocycles. The molecule has 2 rings (SSSR count). The van der Waals surface area contributed by atoms with Gasteiger partial charge in [-0.1, -0.05) is 12.1 Å². The summed E-state index contributed by atoms with van der Waals surface area (Å²) in [6.07, 6.45) is 2.54. The van der Waals surface area contributed by atoms with E-state index in [9.17, 15) is 4.79 Å². The van der Waals surface area contributed by atoms with Crippen molar-refractivity contribution in [2.24, 2.45) is 0 Å². The molecule has 0 bridgehead atoms. The summed E-state index contributed by atoms with van der Waals surface area (Å²) >= 11 is 0. The summed E-state index contributed by atoms with van der Waals surface area (Å²) in [4.78, 5) is 16.1. The maximum atomic E-state index is 11.8. The van der Waals surface area contributed by atoms with Crippen molar-refractivity contribution in [3.63, 3.8) is 0 Å². The molecule has 1 atom stereocenters. The van der Waals surface area contributed by atoms with E-state index in [0.717, 1.165) is 11.3 Å². The number of benzene rings is 1. The summed E-state index contributed by atoms with van der Waals surface area (Å²) in [6.45, 7) is 6.56. The molecule has 0 fully saturated rings. The van der Waals surface area contributed by atoms with Crippen molar-refractivity contribution in [2.45, 2.75) is 39.7 Å². The van der Waals surface area contributed by atoms with Crippen molar-refractivity contribution in [3.05, 3.63) is 41.4 Å². The molecule has 1 amide bonds. The average Bonchev–Trinajstić information content (AvgIpc) is 2.97. The quantitative estimate of drug-likeness (QED) is 0.852. The summed E-state index contributed by atoms with van der Waals surface area (Å²) in [5, 5.41) is 2.87. The minimum absolute atomic E-state index is 0.00292. The van der Waals surface area contributed by atoms with Crippen LogP contribution in [0.4, 0.5) is 0 Å². The van der Waals surface area contributed by atoms with Gasteiger partial charge in [0.15, 0.2) is 11.7 Å². The number of nitrogens with one attached hydrogen (secondary N) is 1. The zero-order chi connectivity index (χ0) is 16.8. The maximum Gasteiger partial charge on any atom is 0.220 e. The van der Waals surface area contributed by atoms with Crippen LogP contribution in [-0.4, -0.2) is 30.6 Å². The fourth-order valence-corrected chi connectivity index (χ4v) is 2.31. The molecular weight excluding hydrogens is 292 g/mol. The van der Waals surface area contributed by atoms with Gasteiger partial charge in [-0.25, -0.2) is 4.98 Å². The van der Waals surface area contributed by atoms with Gasteiger partial charge >= 0.3 is 0 Å². The number of amides is 1. The molecule has 23 heavy (non-hydrogen) atoms. The first kappa shape index (κ1) is 17.2. The molecule has 5 nitrogen and oxygen atoms in total. The van der Waals surface area contributed by atoms with Gasteiger partial charge in [0, 0.05) is 31.6 Å². The molecule has 1 N–H and O–H groups in total. The van der Waals surface area contributed by atoms with Gasteiger partial charge in [-0.3, -0.25) is 4.79 Å². The highest BCUT2D eigenvalue weighted by atomic mass is 16.5. The minimum atomic E-state index is -0.0273. The molecule has 0 saturated carbocycles. The first-order valence-electron chi connectivity index (χ1n) is 7.80. The average molecular weight is 316 g/mol. The van der Waals surface area contributed by atoms with E-state index < -0.39 is 0 Å². The Kier molecular flexibility index (Phi) is 5.93. The van der Waals surface area contributed by atoms with Gasteiger partial charge in [0.05, 0.1) is 12.8 Å². The first-order valence-corrected chi connectivity index (χ1v) is 7.80. The third-order valence-electron chi connectivity index (χ3n) is 3.73. The highest BCUT2D eigenvalue weighted by Crippen LogP contribution is 2.23. The number of ether oxygens (including phenoxy) is 1. The molecule has 0 saturated heterocycles. The summed E-state index contributed by atoms with van der Waals surface area (Å²) in [5.74, 6) is 1.28. The predicted octanol–water partition coefficient (Wildman–Crippen LogP) is 3.04. The molecule has 5 heteroatoms. The lowest BCUT2D eigenvalue weighted by Crippen LogP contribution is -2.35. The Morgan fingerprint density at radius 1 is 1.35 bits per heavy atom. The number of rotatable bonds is 7. The highest BCUT2D eigenvalue weighted by Gasteiger charge is 2.11. The second-order valence-electron chi connectivity index (χ2n) is 5.84. The molecule has 1 unspecified atom stereocenters. The van der Waals surface area contributed by atoms with Crippen molar-refractivity contribution in [2.75, 3.05) is 13.7 Å². The number of hydrogen-bond donors (Lipinski definition) is 1. The standard InChI is InChI=1S/C18H24N2O3/c1-12-5-6-15(9-13(12)2)16-10-19-18(23-16)8-7-17(21)20-14(3)11-22-4/h5-6,9-10,14H,7-8,11H2,1-4H3,(H,20,21). The van der Waals surface area contributed by atoms with Crippen LogP contribution in [0.1, 0.15) is 30.4 Å². The van der Waals surface area contributed by atoms with Crippen LogP contribution in [0.15, 0.2) is 28.8 Å². The van der Waals surface area contributed by atoms with Crippen LogP contribution in [0.25, 0.3) is 11.3 Å². The van der Waals surface area contributed by atoms with Crippen molar-refractivity contribution in [1.82, 2.24) is 10.3 Å². The number of oxazole rings is 1. The number of aromatic nitrogens is 1. The lowest BCUT2D eigenvalue weighted by Gasteiger charge is -2.11. The Morgan fingerprint density at radius 3 is 2.83 bits per heavy atom. The van der Waals surface area contributed by atoms with E-state index in [1.165, 1.54) is 11.1 Å². The van der Waals surface area contributed by atoms with E-state index >= 15 is 0 Å². The number of methoxy groups -OCH3 is 1. The fourth-order valence-electron chi connectivity index (χ4n) is 2.31. The maximum absolute atomic E-state index is 11.8. The Hall–Kier alpha value is -2.14. The van der Waals surface area contributed by atoms with E-state index in [-0.39, 0.29) is 11.9 Å². The summed E-state index contributed by atoms with van der Waals surface area (Å²) in [6, 6.07) is 6.17. The minimum Gasteiger partial charge on any atom is -0.441 e. The highest BCUT2D eigenvalue weighted by molar-refractivity contribution is 5.76. The summed E-state index contributed by atoms with van der Waals surface area (Å²) < 4.78 is 10.7. The van der Waals surface area contributed by atoms with Crippen LogP contribution in [-0.2, 0) is 16.0 Å². The van der Waals surface area contributed by atoms with E-state index in [4.69, 9.17) is 9.15 Å². The largest absolute Gasteiger partial charge is 0.441 e. The van der Waals surface area contributed by atoms with Gasteiger partial charge in [0.25, 0.3) is 0 Å². The third-order valence-corrected chi connectivity index (χ3v) is 3.73. The van der Waals surface area contributed by atoms with Gasteiger partial charge < -0.3 is 14.5 Å². The number of nitrogens with zero attached hydrogens (tertiary/aromatic N) is 1. The molecule has 0 spiro atoms. The van der Waals surface area contributed by atoms with Gasteiger partial charge in [-0.05, 0) is 38.0 Å². The van der Waals surface area contributed by atoms with Gasteiger partial charge in [-0.2, -0.15) is 0 Å². The molecular formula is C18H24N2O3. The van der Waals surface area contributed by atoms with Crippen LogP contribution in [0.5, 0.6) is 0 Å². The van der Waals surface area contributed by atoms with Crippen molar-refractivity contribution in [1.29, 1.82) is 0 Å². The molecule has 0 aliphatic heterocycles. The molecule has 2 aromatic rings. The lowest BCUT2D eigenvalue weighted by molar-refractivity contribution is -0.122. The SMILES string of the molecule is COCC(C)NC(=O)CCc1ncc(-c2ccc(C)c(C)c2)o1. The van der Waals surface area contributed by atoms with Crippen LogP contribution in [0, 0.1) is 13.8 Å². The Balaban J connectivity index is 1.92. The summed E-state index contributed by atoms with van der Waals surface area (Å²) in [5.41, 5.74) is 3.47. The Morgan fingerprint density at radius 2 is 2.13 bits per heavy atom. The van der Waals surface area contributed by atoms with Gasteiger partial charge in [0.2, 0.25) is 5.91 Å². The van der Waals surface area contributed by atoms with E-state index in [2.05, 4.69) is 36.3 Å². The topological polar surface area (TPSA) is 64.4 Å². The smallest absolute Gasteiger partial charge is 0.220 e.